The molecule has 0 aliphatic carbocycles. The van der Waals surface area contributed by atoms with Gasteiger partial charge in [0.1, 0.15) is 11.6 Å². The zero-order valence-corrected chi connectivity index (χ0v) is 16.2. The number of aromatic nitrogens is 3. The number of fused-ring (bicyclic) bond motifs is 3. The number of allylic oxidation sites excluding steroid dienone is 3. The van der Waals surface area contributed by atoms with Crippen LogP contribution in [0.15, 0.2) is 54.4 Å². The lowest BCUT2D eigenvalue weighted by molar-refractivity contribution is 0.212. The average Bonchev–Trinajstić information content (AvgIpc) is 3.32. The summed E-state index contributed by atoms with van der Waals surface area (Å²) in [6.07, 6.45) is 9.81. The molecule has 1 N–H and O–H groups in total. The van der Waals surface area contributed by atoms with Crippen molar-refractivity contribution in [3.8, 4) is 0 Å². The van der Waals surface area contributed by atoms with Crippen molar-refractivity contribution in [1.29, 1.82) is 0 Å². The van der Waals surface area contributed by atoms with Gasteiger partial charge in [-0.25, -0.2) is 13.9 Å². The molecule has 148 valence electrons. The number of nitrogens with one attached hydrogen (secondary N) is 1. The highest BCUT2D eigenvalue weighted by atomic mass is 19.1. The van der Waals surface area contributed by atoms with Crippen LogP contribution in [-0.2, 0) is 11.3 Å². The van der Waals surface area contributed by atoms with Gasteiger partial charge in [-0.2, -0.15) is 5.10 Å². The first kappa shape index (κ1) is 18.7. The summed E-state index contributed by atoms with van der Waals surface area (Å²) in [5, 5.41) is 7.82. The van der Waals surface area contributed by atoms with Gasteiger partial charge >= 0.3 is 0 Å². The van der Waals surface area contributed by atoms with E-state index in [9.17, 15) is 4.39 Å². The van der Waals surface area contributed by atoms with Crippen LogP contribution in [0, 0.1) is 0 Å². The van der Waals surface area contributed by atoms with Gasteiger partial charge in [0.25, 0.3) is 0 Å². The fraction of sp³-hybridized carbons (Fsp3) is 0.429. The molecule has 1 fully saturated rings. The van der Waals surface area contributed by atoms with Crippen LogP contribution in [-0.4, -0.2) is 40.3 Å². The van der Waals surface area contributed by atoms with Gasteiger partial charge in [0.05, 0.1) is 24.7 Å². The highest BCUT2D eigenvalue weighted by molar-refractivity contribution is 5.55. The van der Waals surface area contributed by atoms with Crippen molar-refractivity contribution in [1.82, 2.24) is 19.9 Å². The summed E-state index contributed by atoms with van der Waals surface area (Å²) in [5.74, 6) is 1.30. The van der Waals surface area contributed by atoms with Crippen molar-refractivity contribution in [3.05, 3.63) is 59.9 Å². The van der Waals surface area contributed by atoms with Crippen molar-refractivity contribution in [2.75, 3.05) is 24.6 Å². The topological polar surface area (TPSA) is 54.7 Å². The van der Waals surface area contributed by atoms with Gasteiger partial charge in [-0.15, -0.1) is 0 Å². The van der Waals surface area contributed by atoms with Crippen molar-refractivity contribution in [3.63, 3.8) is 0 Å². The lowest BCUT2D eigenvalue weighted by Gasteiger charge is -2.28. The first-order valence-electron chi connectivity index (χ1n) is 9.80. The van der Waals surface area contributed by atoms with Crippen LogP contribution in [0.4, 0.5) is 10.2 Å². The Bertz CT molecular complexity index is 928. The van der Waals surface area contributed by atoms with Crippen LogP contribution in [0.5, 0.6) is 0 Å². The molecule has 2 aliphatic rings. The number of ether oxygens (including phenoxy) is 1. The second kappa shape index (κ2) is 8.14. The quantitative estimate of drug-likeness (QED) is 0.817. The third-order valence-corrected chi connectivity index (χ3v) is 5.23. The lowest BCUT2D eigenvalue weighted by atomic mass is 10.0. The molecule has 0 aromatic carbocycles. The molecule has 0 unspecified atom stereocenters. The number of hydrogen-bond donors (Lipinski definition) is 1. The average molecular weight is 383 g/mol. The molecular formula is C21H26FN5O. The van der Waals surface area contributed by atoms with Crippen molar-refractivity contribution >= 4 is 11.5 Å². The fourth-order valence-electron chi connectivity index (χ4n) is 3.80. The number of halogens is 1. The second-order valence-corrected chi connectivity index (χ2v) is 7.26. The SMILES string of the molecule is C=C1/C(=C\C=C(/C)F)OCCCNCc2cnn3ccc(nc23)N2CCC[C@H]12. The number of rotatable bonds is 1. The molecule has 2 aromatic heterocycles. The molecule has 1 atom stereocenters. The van der Waals surface area contributed by atoms with Gasteiger partial charge in [-0.3, -0.25) is 0 Å². The number of anilines is 1. The predicted octanol–water partition coefficient (Wildman–Crippen LogP) is 3.52. The Hall–Kier alpha value is -2.67. The molecule has 4 rings (SSSR count). The van der Waals surface area contributed by atoms with Crippen molar-refractivity contribution in [2.45, 2.75) is 38.8 Å². The highest BCUT2D eigenvalue weighted by Gasteiger charge is 2.30. The van der Waals surface area contributed by atoms with Crippen LogP contribution >= 0.6 is 0 Å². The first-order chi connectivity index (χ1) is 13.6. The van der Waals surface area contributed by atoms with Gasteiger partial charge in [-0.1, -0.05) is 6.58 Å². The van der Waals surface area contributed by atoms with Gasteiger partial charge in [-0.05, 0) is 50.9 Å². The minimum atomic E-state index is -0.256. The normalized spacial score (nSPS) is 23.1. The van der Waals surface area contributed by atoms with E-state index in [0.717, 1.165) is 55.0 Å². The van der Waals surface area contributed by atoms with Crippen LogP contribution in [0.1, 0.15) is 31.7 Å². The summed E-state index contributed by atoms with van der Waals surface area (Å²) >= 11 is 0. The van der Waals surface area contributed by atoms with E-state index in [4.69, 9.17) is 9.72 Å². The predicted molar refractivity (Wildman–Crippen MR) is 108 cm³/mol. The molecule has 7 heteroatoms. The summed E-state index contributed by atoms with van der Waals surface area (Å²) in [4.78, 5) is 7.16. The lowest BCUT2D eigenvalue weighted by Crippen LogP contribution is -2.32. The molecular weight excluding hydrogens is 357 g/mol. The maximum atomic E-state index is 13.3. The summed E-state index contributed by atoms with van der Waals surface area (Å²) in [5.41, 5.74) is 2.83. The van der Waals surface area contributed by atoms with E-state index in [1.54, 1.807) is 6.08 Å². The largest absolute Gasteiger partial charge is 0.493 e. The summed E-state index contributed by atoms with van der Waals surface area (Å²) in [7, 11) is 0. The Labute approximate surface area is 164 Å². The Balaban J connectivity index is 1.73. The standard InChI is InChI=1S/C21H26FN5O/c1-15(22)6-7-19-16(2)18-5-3-10-26(18)20-8-11-27-21(25-20)17(14-24-27)13-23-9-4-12-28-19/h6-8,11,14,18,23H,2-5,9-10,12-13H2,1H3/b15-6+,19-7+/t18-/m1/s1. The monoisotopic (exact) mass is 383 g/mol. The molecule has 6 nitrogen and oxygen atoms in total. The van der Waals surface area contributed by atoms with E-state index < -0.39 is 0 Å². The van der Waals surface area contributed by atoms with Gasteiger partial charge in [0.2, 0.25) is 0 Å². The Morgan fingerprint density at radius 3 is 3.18 bits per heavy atom. The minimum absolute atomic E-state index is 0.0851. The van der Waals surface area contributed by atoms with Crippen LogP contribution in [0.3, 0.4) is 0 Å². The Morgan fingerprint density at radius 2 is 2.32 bits per heavy atom. The van der Waals surface area contributed by atoms with E-state index in [-0.39, 0.29) is 11.9 Å². The van der Waals surface area contributed by atoms with Crippen LogP contribution < -0.4 is 10.2 Å². The summed E-state index contributed by atoms with van der Waals surface area (Å²) in [6.45, 7) is 8.71. The molecule has 0 radical (unpaired) electrons. The third-order valence-electron chi connectivity index (χ3n) is 5.23. The van der Waals surface area contributed by atoms with Crippen LogP contribution in [0.25, 0.3) is 5.65 Å². The fourth-order valence-corrected chi connectivity index (χ4v) is 3.80. The van der Waals surface area contributed by atoms with E-state index in [1.165, 1.54) is 13.0 Å². The zero-order valence-electron chi connectivity index (χ0n) is 16.2. The number of hydrogen-bond acceptors (Lipinski definition) is 5. The molecule has 1 saturated heterocycles. The van der Waals surface area contributed by atoms with Gasteiger partial charge in [0.15, 0.2) is 5.65 Å². The smallest absolute Gasteiger partial charge is 0.161 e. The second-order valence-electron chi connectivity index (χ2n) is 7.26. The summed E-state index contributed by atoms with van der Waals surface area (Å²) < 4.78 is 21.1. The molecule has 4 heterocycles. The van der Waals surface area contributed by atoms with E-state index in [1.807, 2.05) is 23.0 Å². The maximum absolute atomic E-state index is 13.3. The molecule has 2 bridgehead atoms. The molecule has 28 heavy (non-hydrogen) atoms. The van der Waals surface area contributed by atoms with E-state index in [2.05, 4.69) is 21.9 Å². The minimum Gasteiger partial charge on any atom is -0.493 e. The van der Waals surface area contributed by atoms with Crippen LogP contribution in [0.2, 0.25) is 0 Å². The Morgan fingerprint density at radius 1 is 1.43 bits per heavy atom. The third kappa shape index (κ3) is 3.80. The zero-order chi connectivity index (χ0) is 19.5. The van der Waals surface area contributed by atoms with Gasteiger partial charge in [0, 0.05) is 30.4 Å². The molecule has 2 aromatic rings. The molecule has 0 saturated carbocycles. The maximum Gasteiger partial charge on any atom is 0.161 e. The first-order valence-corrected chi connectivity index (χ1v) is 9.80. The molecule has 2 aliphatic heterocycles. The Kier molecular flexibility index (Phi) is 5.43. The molecule has 0 spiro atoms. The summed E-state index contributed by atoms with van der Waals surface area (Å²) in [6, 6.07) is 2.08. The highest BCUT2D eigenvalue weighted by Crippen LogP contribution is 2.32. The number of nitrogens with zero attached hydrogens (tertiary/aromatic N) is 4. The van der Waals surface area contributed by atoms with Gasteiger partial charge < -0.3 is 15.0 Å². The van der Waals surface area contributed by atoms with Crippen molar-refractivity contribution < 1.29 is 9.13 Å². The van der Waals surface area contributed by atoms with E-state index >= 15 is 0 Å². The molecule has 0 amide bonds. The van der Waals surface area contributed by atoms with E-state index in [0.29, 0.717) is 18.9 Å². The van der Waals surface area contributed by atoms with Crippen molar-refractivity contribution in [2.24, 2.45) is 0 Å².